The Kier molecular flexibility index (Phi) is 5.06. The van der Waals surface area contributed by atoms with Gasteiger partial charge in [0.1, 0.15) is 0 Å². The third kappa shape index (κ3) is 3.84. The zero-order chi connectivity index (χ0) is 13.8. The summed E-state index contributed by atoms with van der Waals surface area (Å²) in [4.78, 5) is 35.8. The van der Waals surface area contributed by atoms with E-state index in [1.807, 2.05) is 5.38 Å². The van der Waals surface area contributed by atoms with Gasteiger partial charge in [-0.15, -0.1) is 11.3 Å². The van der Waals surface area contributed by atoms with E-state index in [0.29, 0.717) is 11.3 Å². The number of carbonyl (C=O) groups excluding carboxylic acids is 3. The number of hydrogen-bond donors (Lipinski definition) is 1. The molecule has 0 bridgehead atoms. The third-order valence-corrected chi connectivity index (χ3v) is 5.64. The number of carbonyl (C=O) groups is 3. The van der Waals surface area contributed by atoms with Gasteiger partial charge in [0, 0.05) is 5.75 Å². The van der Waals surface area contributed by atoms with Gasteiger partial charge in [0.25, 0.3) is 0 Å². The molecule has 0 unspecified atom stereocenters. The molecule has 19 heavy (non-hydrogen) atoms. The minimum Gasteiger partial charge on any atom is -0.344 e. The van der Waals surface area contributed by atoms with Crippen molar-refractivity contribution in [3.05, 3.63) is 22.4 Å². The Bertz CT molecular complexity index is 486. The maximum atomic E-state index is 11.9. The van der Waals surface area contributed by atoms with Crippen LogP contribution in [0.15, 0.2) is 17.5 Å². The van der Waals surface area contributed by atoms with E-state index in [1.165, 1.54) is 23.1 Å². The van der Waals surface area contributed by atoms with Gasteiger partial charge in [-0.1, -0.05) is 29.6 Å². The van der Waals surface area contributed by atoms with E-state index in [1.54, 1.807) is 19.1 Å². The molecule has 1 aliphatic rings. The Morgan fingerprint density at radius 2 is 2.32 bits per heavy atom. The zero-order valence-corrected chi connectivity index (χ0v) is 12.7. The summed E-state index contributed by atoms with van der Waals surface area (Å²) in [7, 11) is 0. The van der Waals surface area contributed by atoms with Gasteiger partial charge in [0.2, 0.25) is 16.1 Å². The fourth-order valence-electron chi connectivity index (χ4n) is 1.58. The van der Waals surface area contributed by atoms with E-state index in [0.717, 1.165) is 17.5 Å². The van der Waals surface area contributed by atoms with Crippen molar-refractivity contribution in [2.45, 2.75) is 24.6 Å². The van der Waals surface area contributed by atoms with Crippen LogP contribution in [0.4, 0.5) is 0 Å². The Hall–Kier alpha value is -0.790. The van der Waals surface area contributed by atoms with Gasteiger partial charge in [0.15, 0.2) is 0 Å². The maximum absolute atomic E-state index is 11.9. The highest BCUT2D eigenvalue weighted by atomic mass is 32.2. The van der Waals surface area contributed by atoms with Crippen LogP contribution < -0.4 is 5.32 Å². The summed E-state index contributed by atoms with van der Waals surface area (Å²) in [6.45, 7) is 1.68. The molecule has 0 aliphatic carbocycles. The highest BCUT2D eigenvalue weighted by Gasteiger charge is 2.29. The van der Waals surface area contributed by atoms with Crippen LogP contribution in [0, 0.1) is 0 Å². The normalized spacial score (nSPS) is 20.3. The molecule has 1 N–H and O–H groups in total. The first-order valence-corrected chi connectivity index (χ1v) is 8.54. The van der Waals surface area contributed by atoms with Crippen LogP contribution in [0.2, 0.25) is 0 Å². The lowest BCUT2D eigenvalue weighted by Crippen LogP contribution is -2.41. The first-order chi connectivity index (χ1) is 9.08. The molecule has 1 aromatic rings. The van der Waals surface area contributed by atoms with Gasteiger partial charge in [-0.3, -0.25) is 14.4 Å². The van der Waals surface area contributed by atoms with Gasteiger partial charge < -0.3 is 5.32 Å². The highest BCUT2D eigenvalue weighted by molar-refractivity contribution is 8.15. The van der Waals surface area contributed by atoms with Crippen LogP contribution in [-0.2, 0) is 9.59 Å². The van der Waals surface area contributed by atoms with E-state index in [2.05, 4.69) is 5.32 Å². The lowest BCUT2D eigenvalue weighted by Gasteiger charge is -2.14. The molecule has 2 heterocycles. The molecule has 0 saturated carbocycles. The van der Waals surface area contributed by atoms with Crippen molar-refractivity contribution in [3.8, 4) is 0 Å². The maximum Gasteiger partial charge on any atom is 0.233 e. The second kappa shape index (κ2) is 6.58. The predicted molar refractivity (Wildman–Crippen MR) is 79.7 cm³/mol. The van der Waals surface area contributed by atoms with Crippen molar-refractivity contribution < 1.29 is 14.4 Å². The molecule has 2 atom stereocenters. The molecule has 102 valence electrons. The molecule has 1 aromatic heterocycles. The second-order valence-corrected chi connectivity index (χ2v) is 7.40. The van der Waals surface area contributed by atoms with E-state index in [-0.39, 0.29) is 16.1 Å². The summed E-state index contributed by atoms with van der Waals surface area (Å²) in [6, 6.07) is 3.15. The summed E-state index contributed by atoms with van der Waals surface area (Å²) in [5.41, 5.74) is 0. The summed E-state index contributed by atoms with van der Waals surface area (Å²) >= 11 is 3.60. The number of rotatable bonds is 4. The zero-order valence-electron chi connectivity index (χ0n) is 10.3. The molecule has 0 aromatic carbocycles. The van der Waals surface area contributed by atoms with Gasteiger partial charge in [-0.05, 0) is 24.8 Å². The van der Waals surface area contributed by atoms with Crippen LogP contribution in [0.3, 0.4) is 0 Å². The number of thioether (sulfide) groups is 2. The Morgan fingerprint density at radius 1 is 1.53 bits per heavy atom. The fourth-order valence-corrected chi connectivity index (χ4v) is 4.04. The minimum absolute atomic E-state index is 0.00938. The van der Waals surface area contributed by atoms with Crippen molar-refractivity contribution in [1.29, 1.82) is 0 Å². The lowest BCUT2D eigenvalue weighted by atomic mass is 10.2. The Morgan fingerprint density at radius 3 is 2.89 bits per heavy atom. The van der Waals surface area contributed by atoms with Crippen LogP contribution in [0.5, 0.6) is 0 Å². The summed E-state index contributed by atoms with van der Waals surface area (Å²) in [5, 5.41) is 3.94. The van der Waals surface area contributed by atoms with Gasteiger partial charge in [0.05, 0.1) is 16.2 Å². The first-order valence-electron chi connectivity index (χ1n) is 5.79. The standard InChI is InChI=1S/C12H13NO3S3/c1-7(19-12(16)9-3-2-5-17-9)10(14)13-8-4-6-18-11(8)15/h2-3,5,7-8H,4,6H2,1H3,(H,13,14)/t7-,8-/m1/s1. The molecular formula is C12H13NO3S3. The number of nitrogens with one attached hydrogen (secondary N) is 1. The monoisotopic (exact) mass is 315 g/mol. The SMILES string of the molecule is C[C@@H](SC(=O)c1cccs1)C(=O)N[C@@H]1CCSC1=O. The van der Waals surface area contributed by atoms with Crippen molar-refractivity contribution >= 4 is 51.0 Å². The van der Waals surface area contributed by atoms with Gasteiger partial charge >= 0.3 is 0 Å². The predicted octanol–water partition coefficient (Wildman–Crippen LogP) is 2.16. The highest BCUT2D eigenvalue weighted by Crippen LogP contribution is 2.23. The van der Waals surface area contributed by atoms with E-state index in [4.69, 9.17) is 0 Å². The number of thiophene rings is 1. The molecule has 2 rings (SSSR count). The molecular weight excluding hydrogens is 302 g/mol. The Balaban J connectivity index is 1.85. The molecule has 1 fully saturated rings. The van der Waals surface area contributed by atoms with Crippen molar-refractivity contribution in [2.75, 3.05) is 5.75 Å². The smallest absolute Gasteiger partial charge is 0.233 e. The fraction of sp³-hybridized carbons (Fsp3) is 0.417. The average molecular weight is 315 g/mol. The molecule has 1 saturated heterocycles. The molecule has 7 heteroatoms. The van der Waals surface area contributed by atoms with Crippen LogP contribution >= 0.6 is 34.9 Å². The van der Waals surface area contributed by atoms with Crippen molar-refractivity contribution in [2.24, 2.45) is 0 Å². The second-order valence-electron chi connectivity index (χ2n) is 4.04. The van der Waals surface area contributed by atoms with Crippen molar-refractivity contribution in [1.82, 2.24) is 5.32 Å². The average Bonchev–Trinajstić information content (AvgIpc) is 3.01. The van der Waals surface area contributed by atoms with Gasteiger partial charge in [-0.2, -0.15) is 0 Å². The van der Waals surface area contributed by atoms with Gasteiger partial charge in [-0.25, -0.2) is 0 Å². The third-order valence-electron chi connectivity index (χ3n) is 2.63. The van der Waals surface area contributed by atoms with E-state index >= 15 is 0 Å². The Labute approximate surface area is 123 Å². The molecule has 0 spiro atoms. The topological polar surface area (TPSA) is 63.2 Å². The van der Waals surface area contributed by atoms with Crippen LogP contribution in [0.1, 0.15) is 23.0 Å². The first kappa shape index (κ1) is 14.6. The summed E-state index contributed by atoms with van der Waals surface area (Å²) < 4.78 is 0. The molecule has 0 radical (unpaired) electrons. The summed E-state index contributed by atoms with van der Waals surface area (Å²) in [5.74, 6) is 0.496. The molecule has 1 amide bonds. The van der Waals surface area contributed by atoms with E-state index in [9.17, 15) is 14.4 Å². The number of hydrogen-bond acceptors (Lipinski definition) is 6. The minimum atomic E-state index is -0.493. The largest absolute Gasteiger partial charge is 0.344 e. The quantitative estimate of drug-likeness (QED) is 0.922. The lowest BCUT2D eigenvalue weighted by molar-refractivity contribution is -0.123. The number of amides is 1. The van der Waals surface area contributed by atoms with E-state index < -0.39 is 11.3 Å². The molecule has 4 nitrogen and oxygen atoms in total. The van der Waals surface area contributed by atoms with Crippen LogP contribution in [0.25, 0.3) is 0 Å². The summed E-state index contributed by atoms with van der Waals surface area (Å²) in [6.07, 6.45) is 0.672. The van der Waals surface area contributed by atoms with Crippen molar-refractivity contribution in [3.63, 3.8) is 0 Å². The van der Waals surface area contributed by atoms with Crippen LogP contribution in [-0.4, -0.2) is 33.2 Å². The molecule has 1 aliphatic heterocycles.